The van der Waals surface area contributed by atoms with E-state index in [4.69, 9.17) is 0 Å². The molecule has 27 heavy (non-hydrogen) atoms. The third-order valence-electron chi connectivity index (χ3n) is 3.94. The fourth-order valence-corrected chi connectivity index (χ4v) is 2.97. The van der Waals surface area contributed by atoms with Crippen molar-refractivity contribution in [2.45, 2.75) is 20.0 Å². The molecule has 0 saturated carbocycles. The number of carbonyl (C=O) groups is 1. The standard InChI is InChI=1S/C20H25BrN4O.HI/c1-4-23-19(26)16-11-9-15(10-12-16)13-24-20(22-2)25(3)14-17-7-5-6-8-18(17)21;/h5-12H,4,13-14H2,1-3H3,(H,22,24)(H,23,26);1H. The molecule has 0 heterocycles. The molecule has 7 heteroatoms. The Hall–Kier alpha value is -1.61. The number of halogens is 2. The summed E-state index contributed by atoms with van der Waals surface area (Å²) in [5, 5.41) is 6.16. The molecule has 146 valence electrons. The number of nitrogens with one attached hydrogen (secondary N) is 2. The molecule has 0 fully saturated rings. The minimum absolute atomic E-state index is 0. The Balaban J connectivity index is 0.00000364. The number of nitrogens with zero attached hydrogens (tertiary/aromatic N) is 2. The van der Waals surface area contributed by atoms with E-state index >= 15 is 0 Å². The smallest absolute Gasteiger partial charge is 0.251 e. The van der Waals surface area contributed by atoms with Gasteiger partial charge in [0.05, 0.1) is 0 Å². The summed E-state index contributed by atoms with van der Waals surface area (Å²) in [5.74, 6) is 0.768. The zero-order chi connectivity index (χ0) is 18.9. The lowest BCUT2D eigenvalue weighted by molar-refractivity contribution is 0.0956. The second kappa shape index (κ2) is 12.0. The van der Waals surface area contributed by atoms with E-state index in [0.29, 0.717) is 18.7 Å². The first-order valence-corrected chi connectivity index (χ1v) is 9.36. The maximum atomic E-state index is 11.8. The molecule has 0 atom stereocenters. The van der Waals surface area contributed by atoms with E-state index in [1.54, 1.807) is 7.05 Å². The maximum absolute atomic E-state index is 11.8. The molecule has 0 bridgehead atoms. The lowest BCUT2D eigenvalue weighted by Crippen LogP contribution is -2.38. The van der Waals surface area contributed by atoms with Gasteiger partial charge < -0.3 is 15.5 Å². The number of guanidine groups is 1. The van der Waals surface area contributed by atoms with E-state index in [1.165, 1.54) is 5.56 Å². The van der Waals surface area contributed by atoms with Gasteiger partial charge in [0.1, 0.15) is 0 Å². The highest BCUT2D eigenvalue weighted by atomic mass is 127. The normalized spacial score (nSPS) is 10.7. The van der Waals surface area contributed by atoms with Gasteiger partial charge in [-0.05, 0) is 36.2 Å². The predicted molar refractivity (Wildman–Crippen MR) is 126 cm³/mol. The van der Waals surface area contributed by atoms with Crippen molar-refractivity contribution < 1.29 is 4.79 Å². The first-order chi connectivity index (χ1) is 12.5. The molecule has 0 aliphatic carbocycles. The Morgan fingerprint density at radius 3 is 2.37 bits per heavy atom. The van der Waals surface area contributed by atoms with E-state index in [9.17, 15) is 4.79 Å². The molecule has 2 aromatic carbocycles. The molecule has 2 aromatic rings. The van der Waals surface area contributed by atoms with E-state index in [0.717, 1.165) is 22.5 Å². The molecule has 0 unspecified atom stereocenters. The van der Waals surface area contributed by atoms with Crippen LogP contribution in [0.1, 0.15) is 28.4 Å². The molecular formula is C20H26BrIN4O. The van der Waals surface area contributed by atoms with Gasteiger partial charge in [-0.25, -0.2) is 0 Å². The van der Waals surface area contributed by atoms with Crippen LogP contribution in [0.4, 0.5) is 0 Å². The van der Waals surface area contributed by atoms with E-state index in [1.807, 2.05) is 56.4 Å². The number of benzene rings is 2. The minimum atomic E-state index is -0.0454. The average molecular weight is 545 g/mol. The van der Waals surface area contributed by atoms with Crippen LogP contribution in [0.3, 0.4) is 0 Å². The summed E-state index contributed by atoms with van der Waals surface area (Å²) in [6.07, 6.45) is 0. The van der Waals surface area contributed by atoms with Crippen molar-refractivity contribution >= 4 is 51.8 Å². The number of hydrogen-bond acceptors (Lipinski definition) is 2. The molecule has 0 aliphatic heterocycles. The summed E-state index contributed by atoms with van der Waals surface area (Å²) in [7, 11) is 3.78. The first-order valence-electron chi connectivity index (χ1n) is 8.57. The Bertz CT molecular complexity index is 765. The van der Waals surface area contributed by atoms with Crippen molar-refractivity contribution in [2.24, 2.45) is 4.99 Å². The molecule has 2 rings (SSSR count). The van der Waals surface area contributed by atoms with Crippen LogP contribution in [0.5, 0.6) is 0 Å². The Morgan fingerprint density at radius 1 is 1.11 bits per heavy atom. The monoisotopic (exact) mass is 544 g/mol. The molecule has 1 amide bonds. The lowest BCUT2D eigenvalue weighted by Gasteiger charge is -2.22. The number of rotatable bonds is 6. The van der Waals surface area contributed by atoms with Gasteiger partial charge in [0.15, 0.2) is 5.96 Å². The molecule has 5 nitrogen and oxygen atoms in total. The maximum Gasteiger partial charge on any atom is 0.251 e. The third-order valence-corrected chi connectivity index (χ3v) is 4.72. The van der Waals surface area contributed by atoms with Crippen LogP contribution in [-0.2, 0) is 13.1 Å². The first kappa shape index (κ1) is 23.4. The molecule has 0 aliphatic rings. The third kappa shape index (κ3) is 7.14. The van der Waals surface area contributed by atoms with Crippen molar-refractivity contribution in [1.29, 1.82) is 0 Å². The van der Waals surface area contributed by atoms with Crippen LogP contribution >= 0.6 is 39.9 Å². The van der Waals surface area contributed by atoms with Gasteiger partial charge in [-0.1, -0.05) is 46.3 Å². The second-order valence-electron chi connectivity index (χ2n) is 5.90. The van der Waals surface area contributed by atoms with E-state index in [-0.39, 0.29) is 29.9 Å². The zero-order valence-corrected chi connectivity index (χ0v) is 19.7. The van der Waals surface area contributed by atoms with Crippen LogP contribution in [0.15, 0.2) is 58.0 Å². The predicted octanol–water partition coefficient (Wildman–Crippen LogP) is 4.02. The largest absolute Gasteiger partial charge is 0.352 e. The van der Waals surface area contributed by atoms with Crippen molar-refractivity contribution in [3.8, 4) is 0 Å². The van der Waals surface area contributed by atoms with Gasteiger partial charge in [-0.3, -0.25) is 9.79 Å². The highest BCUT2D eigenvalue weighted by molar-refractivity contribution is 14.0. The van der Waals surface area contributed by atoms with Crippen molar-refractivity contribution in [2.75, 3.05) is 20.6 Å². The van der Waals surface area contributed by atoms with Gasteiger partial charge in [0.2, 0.25) is 0 Å². The summed E-state index contributed by atoms with van der Waals surface area (Å²) < 4.78 is 1.09. The molecule has 0 spiro atoms. The highest BCUT2D eigenvalue weighted by Gasteiger charge is 2.09. The molecule has 0 aromatic heterocycles. The van der Waals surface area contributed by atoms with E-state index in [2.05, 4.69) is 42.5 Å². The van der Waals surface area contributed by atoms with Gasteiger partial charge in [0, 0.05) is 43.8 Å². The van der Waals surface area contributed by atoms with Crippen LogP contribution in [-0.4, -0.2) is 37.4 Å². The summed E-state index contributed by atoms with van der Waals surface area (Å²) in [5.41, 5.74) is 2.96. The Kier molecular flexibility index (Phi) is 10.4. The summed E-state index contributed by atoms with van der Waals surface area (Å²) in [4.78, 5) is 18.2. The SMILES string of the molecule is CCNC(=O)c1ccc(CNC(=NC)N(C)Cc2ccccc2Br)cc1.I. The average Bonchev–Trinajstić information content (AvgIpc) is 2.65. The topological polar surface area (TPSA) is 56.7 Å². The Labute approximate surface area is 186 Å². The van der Waals surface area contributed by atoms with E-state index < -0.39 is 0 Å². The zero-order valence-electron chi connectivity index (χ0n) is 15.8. The highest BCUT2D eigenvalue weighted by Crippen LogP contribution is 2.17. The lowest BCUT2D eigenvalue weighted by atomic mass is 10.1. The van der Waals surface area contributed by atoms with Gasteiger partial charge in [-0.15, -0.1) is 24.0 Å². The number of hydrogen-bond donors (Lipinski definition) is 2. The molecule has 0 saturated heterocycles. The van der Waals surface area contributed by atoms with Gasteiger partial charge in [0.25, 0.3) is 5.91 Å². The quantitative estimate of drug-likeness (QED) is 0.328. The number of carbonyl (C=O) groups excluding carboxylic acids is 1. The van der Waals surface area contributed by atoms with Crippen molar-refractivity contribution in [1.82, 2.24) is 15.5 Å². The molecular weight excluding hydrogens is 519 g/mol. The van der Waals surface area contributed by atoms with Crippen molar-refractivity contribution in [3.63, 3.8) is 0 Å². The molecule has 0 radical (unpaired) electrons. The summed E-state index contributed by atoms with van der Waals surface area (Å²) in [6, 6.07) is 15.8. The summed E-state index contributed by atoms with van der Waals surface area (Å²) >= 11 is 3.58. The van der Waals surface area contributed by atoms with Gasteiger partial charge >= 0.3 is 0 Å². The molecule has 2 N–H and O–H groups in total. The minimum Gasteiger partial charge on any atom is -0.352 e. The van der Waals surface area contributed by atoms with Crippen LogP contribution in [0.25, 0.3) is 0 Å². The number of aliphatic imine (C=N–C) groups is 1. The van der Waals surface area contributed by atoms with Crippen LogP contribution in [0, 0.1) is 0 Å². The van der Waals surface area contributed by atoms with Crippen molar-refractivity contribution in [3.05, 3.63) is 69.7 Å². The van der Waals surface area contributed by atoms with Crippen LogP contribution in [0.2, 0.25) is 0 Å². The fraction of sp³-hybridized carbons (Fsp3) is 0.300. The summed E-state index contributed by atoms with van der Waals surface area (Å²) in [6.45, 7) is 3.93. The number of amides is 1. The second-order valence-corrected chi connectivity index (χ2v) is 6.76. The fourth-order valence-electron chi connectivity index (χ4n) is 2.56. The Morgan fingerprint density at radius 2 is 1.78 bits per heavy atom. The van der Waals surface area contributed by atoms with Gasteiger partial charge in [-0.2, -0.15) is 0 Å². The van der Waals surface area contributed by atoms with Crippen LogP contribution < -0.4 is 10.6 Å².